The number of aliphatic carboxylic acids is 1. The fourth-order valence-electron chi connectivity index (χ4n) is 3.23. The molecule has 1 aromatic carbocycles. The minimum absolute atomic E-state index is 0.295. The van der Waals surface area contributed by atoms with Crippen LogP contribution < -0.4 is 11.1 Å². The number of hydrogen-bond acceptors (Lipinski definition) is 4. The highest BCUT2D eigenvalue weighted by Crippen LogP contribution is 2.32. The Kier molecular flexibility index (Phi) is 8.47. The van der Waals surface area contributed by atoms with E-state index in [-0.39, 0.29) is 18.5 Å². The molecule has 148 valence electrons. The van der Waals surface area contributed by atoms with Crippen LogP contribution in [0.3, 0.4) is 0 Å². The third-order valence-corrected chi connectivity index (χ3v) is 4.40. The van der Waals surface area contributed by atoms with Gasteiger partial charge >= 0.3 is 12.0 Å². The number of nitrogens with two attached hydrogens (primary N) is 1. The molecule has 0 aliphatic carbocycles. The molecule has 1 fully saturated rings. The number of primary amides is 1. The van der Waals surface area contributed by atoms with E-state index in [0.29, 0.717) is 19.4 Å². The number of amides is 3. The van der Waals surface area contributed by atoms with Crippen molar-refractivity contribution in [1.82, 2.24) is 10.2 Å². The maximum absolute atomic E-state index is 12.0. The first-order chi connectivity index (χ1) is 12.8. The Hall–Kier alpha value is -2.87. The van der Waals surface area contributed by atoms with E-state index in [2.05, 4.69) is 18.5 Å². The van der Waals surface area contributed by atoms with Crippen LogP contribution in [0.25, 0.3) is 0 Å². The molecule has 27 heavy (non-hydrogen) atoms. The number of carboxylic acid groups (broad SMARTS) is 1. The number of carbonyl (C=O) groups is 3. The number of benzene rings is 1. The van der Waals surface area contributed by atoms with E-state index in [1.807, 2.05) is 24.3 Å². The highest BCUT2D eigenvalue weighted by atomic mass is 16.4. The van der Waals surface area contributed by atoms with Crippen LogP contribution in [0.1, 0.15) is 24.5 Å². The fourth-order valence-corrected chi connectivity index (χ4v) is 3.23. The number of urea groups is 1. The number of hydrogen-bond donors (Lipinski definition) is 4. The van der Waals surface area contributed by atoms with Gasteiger partial charge in [-0.25, -0.2) is 4.79 Å². The molecule has 1 saturated heterocycles. The molecule has 1 aromatic rings. The van der Waals surface area contributed by atoms with Gasteiger partial charge in [-0.3, -0.25) is 9.59 Å². The number of carboxylic acids is 1. The van der Waals surface area contributed by atoms with E-state index in [4.69, 9.17) is 10.8 Å². The first-order valence-corrected chi connectivity index (χ1v) is 8.61. The average Bonchev–Trinajstić information content (AvgIpc) is 2.62. The van der Waals surface area contributed by atoms with Gasteiger partial charge in [-0.05, 0) is 30.9 Å². The number of rotatable bonds is 8. The second-order valence-electron chi connectivity index (χ2n) is 6.27. The van der Waals surface area contributed by atoms with Gasteiger partial charge in [0.15, 0.2) is 0 Å². The maximum Gasteiger partial charge on any atom is 0.323 e. The Morgan fingerprint density at radius 3 is 2.52 bits per heavy atom. The Labute approximate surface area is 158 Å². The van der Waals surface area contributed by atoms with Crippen LogP contribution in [0.2, 0.25) is 0 Å². The lowest BCUT2D eigenvalue weighted by Crippen LogP contribution is -2.65. The fraction of sp³-hybridized carbons (Fsp3) is 0.421. The zero-order valence-electron chi connectivity index (χ0n) is 15.4. The van der Waals surface area contributed by atoms with Gasteiger partial charge in [0.2, 0.25) is 5.91 Å². The van der Waals surface area contributed by atoms with E-state index < -0.39 is 24.0 Å². The number of nitrogens with zero attached hydrogens (tertiary/aromatic N) is 1. The molecule has 0 saturated carbocycles. The van der Waals surface area contributed by atoms with Crippen molar-refractivity contribution >= 4 is 17.9 Å². The highest BCUT2D eigenvalue weighted by molar-refractivity contribution is 5.89. The van der Waals surface area contributed by atoms with Crippen molar-refractivity contribution in [2.75, 3.05) is 6.54 Å². The van der Waals surface area contributed by atoms with Crippen molar-refractivity contribution in [2.45, 2.75) is 38.5 Å². The topological polar surface area (TPSA) is 133 Å². The van der Waals surface area contributed by atoms with Crippen LogP contribution in [-0.2, 0) is 22.6 Å². The summed E-state index contributed by atoms with van der Waals surface area (Å²) in [5, 5.41) is 21.2. The summed E-state index contributed by atoms with van der Waals surface area (Å²) in [6, 6.07) is 6.68. The minimum Gasteiger partial charge on any atom is -0.480 e. The van der Waals surface area contributed by atoms with Crippen molar-refractivity contribution in [3.8, 4) is 0 Å². The molecule has 1 heterocycles. The molecule has 1 aliphatic rings. The van der Waals surface area contributed by atoms with Crippen LogP contribution in [0.15, 0.2) is 37.4 Å². The Morgan fingerprint density at radius 2 is 1.96 bits per heavy atom. The Balaban J connectivity index is 0.00000176. The number of likely N-dealkylation sites (tertiary alicyclic amines) is 1. The predicted octanol–water partition coefficient (Wildman–Crippen LogP) is 0.882. The summed E-state index contributed by atoms with van der Waals surface area (Å²) >= 11 is 0. The second-order valence-corrected chi connectivity index (χ2v) is 6.27. The molecule has 3 atom stereocenters. The number of aliphatic hydroxyl groups excluding tert-OH is 1. The highest BCUT2D eigenvalue weighted by Gasteiger charge is 2.49. The second kappa shape index (κ2) is 10.3. The van der Waals surface area contributed by atoms with Gasteiger partial charge in [0, 0.05) is 12.6 Å². The smallest absolute Gasteiger partial charge is 0.323 e. The molecule has 0 radical (unpaired) electrons. The lowest BCUT2D eigenvalue weighted by Gasteiger charge is -2.48. The molecule has 0 aromatic heterocycles. The van der Waals surface area contributed by atoms with Crippen molar-refractivity contribution in [3.63, 3.8) is 0 Å². The zero-order valence-corrected chi connectivity index (χ0v) is 15.4. The molecule has 0 spiro atoms. The normalized spacial score (nSPS) is 19.3. The van der Waals surface area contributed by atoms with Gasteiger partial charge in [0.25, 0.3) is 0 Å². The van der Waals surface area contributed by atoms with Crippen molar-refractivity contribution in [2.24, 2.45) is 11.7 Å². The number of β-lactam (4-membered cyclic amide) rings is 1. The Bertz CT molecular complexity index is 677. The van der Waals surface area contributed by atoms with E-state index in [0.717, 1.165) is 11.1 Å². The summed E-state index contributed by atoms with van der Waals surface area (Å²) < 4.78 is 0. The quantitative estimate of drug-likeness (QED) is 0.394. The van der Waals surface area contributed by atoms with Gasteiger partial charge in [0.1, 0.15) is 6.54 Å². The zero-order chi connectivity index (χ0) is 20.6. The molecule has 8 nitrogen and oxygen atoms in total. The minimum atomic E-state index is -1.07. The maximum atomic E-state index is 12.0. The van der Waals surface area contributed by atoms with Crippen LogP contribution in [0, 0.1) is 5.92 Å². The van der Waals surface area contributed by atoms with Gasteiger partial charge in [-0.1, -0.05) is 24.3 Å². The predicted molar refractivity (Wildman–Crippen MR) is 101 cm³/mol. The third kappa shape index (κ3) is 6.10. The average molecular weight is 377 g/mol. The molecular formula is C19H27N3O5. The van der Waals surface area contributed by atoms with E-state index in [9.17, 15) is 19.5 Å². The van der Waals surface area contributed by atoms with Gasteiger partial charge in [0.05, 0.1) is 12.0 Å². The summed E-state index contributed by atoms with van der Waals surface area (Å²) in [5.41, 5.74) is 6.96. The van der Waals surface area contributed by atoms with E-state index >= 15 is 0 Å². The number of aliphatic hydroxyl groups is 1. The van der Waals surface area contributed by atoms with Crippen LogP contribution in [0.5, 0.6) is 0 Å². The van der Waals surface area contributed by atoms with Crippen LogP contribution >= 0.6 is 0 Å². The lowest BCUT2D eigenvalue weighted by molar-refractivity contribution is -0.169. The molecule has 3 unspecified atom stereocenters. The molecule has 2 rings (SSSR count). The van der Waals surface area contributed by atoms with Gasteiger partial charge in [-0.2, -0.15) is 0 Å². The Morgan fingerprint density at radius 1 is 1.33 bits per heavy atom. The SMILES string of the molecule is C=C.CC(O)C1C(=O)N(CC(=O)O)C1CCc1cccc(CNC(N)=O)c1. The molecule has 3 amide bonds. The lowest BCUT2D eigenvalue weighted by atomic mass is 9.80. The summed E-state index contributed by atoms with van der Waals surface area (Å²) in [4.78, 5) is 35.0. The first-order valence-electron chi connectivity index (χ1n) is 8.61. The molecule has 5 N–H and O–H groups in total. The van der Waals surface area contributed by atoms with Crippen LogP contribution in [-0.4, -0.2) is 51.7 Å². The van der Waals surface area contributed by atoms with Crippen molar-refractivity contribution in [3.05, 3.63) is 48.6 Å². The van der Waals surface area contributed by atoms with E-state index in [1.165, 1.54) is 4.90 Å². The standard InChI is InChI=1S/C17H23N3O5.C2H4/c1-10(21)15-13(20(16(15)24)9-14(22)23)6-5-11-3-2-4-12(7-11)8-19-17(18)25;1-2/h2-4,7,10,13,15,21H,5-6,8-9H2,1H3,(H,22,23)(H3,18,19,25);1-2H2. The molecule has 8 heteroatoms. The van der Waals surface area contributed by atoms with Crippen LogP contribution in [0.4, 0.5) is 4.79 Å². The summed E-state index contributed by atoms with van der Waals surface area (Å²) in [6.07, 6.45) is 0.372. The number of nitrogens with one attached hydrogen (secondary N) is 1. The van der Waals surface area contributed by atoms with Crippen molar-refractivity contribution < 1.29 is 24.6 Å². The molecular weight excluding hydrogens is 350 g/mol. The first kappa shape index (κ1) is 22.2. The number of aryl methyl sites for hydroxylation is 1. The van der Waals surface area contributed by atoms with Crippen molar-refractivity contribution in [1.29, 1.82) is 0 Å². The van der Waals surface area contributed by atoms with Gasteiger partial charge < -0.3 is 26.2 Å². The largest absolute Gasteiger partial charge is 0.480 e. The van der Waals surface area contributed by atoms with E-state index in [1.54, 1.807) is 6.92 Å². The van der Waals surface area contributed by atoms with Gasteiger partial charge in [-0.15, -0.1) is 13.2 Å². The third-order valence-electron chi connectivity index (χ3n) is 4.40. The molecule has 1 aliphatic heterocycles. The summed E-state index contributed by atoms with van der Waals surface area (Å²) in [6.45, 7) is 7.52. The summed E-state index contributed by atoms with van der Waals surface area (Å²) in [7, 11) is 0. The molecule has 0 bridgehead atoms. The summed E-state index contributed by atoms with van der Waals surface area (Å²) in [5.74, 6) is -1.94. The monoisotopic (exact) mass is 377 g/mol. The number of carbonyl (C=O) groups excluding carboxylic acids is 2.